The average molecular weight is 382 g/mol. The number of thiophene rings is 1. The summed E-state index contributed by atoms with van der Waals surface area (Å²) in [6, 6.07) is 11.4. The van der Waals surface area contributed by atoms with E-state index >= 15 is 0 Å². The molecule has 1 aliphatic carbocycles. The molecule has 7 heteroatoms. The van der Waals surface area contributed by atoms with Crippen LogP contribution in [0.5, 0.6) is 0 Å². The van der Waals surface area contributed by atoms with E-state index in [1.165, 1.54) is 40.1 Å². The Bertz CT molecular complexity index is 1170. The second-order valence-electron chi connectivity index (χ2n) is 6.57. The third-order valence-corrected chi connectivity index (χ3v) is 6.10. The fourth-order valence-electron chi connectivity index (χ4n) is 3.30. The molecular formula is C20H18N2O4S. The summed E-state index contributed by atoms with van der Waals surface area (Å²) in [6.07, 6.45) is 1.86. The van der Waals surface area contributed by atoms with Crippen molar-refractivity contribution in [2.24, 2.45) is 14.1 Å². The molecule has 0 unspecified atom stereocenters. The average Bonchev–Trinajstić information content (AvgIpc) is 3.13. The van der Waals surface area contributed by atoms with Crippen molar-refractivity contribution in [1.82, 2.24) is 9.13 Å². The normalized spacial score (nSPS) is 12.4. The number of nitrogens with zero attached hydrogens (tertiary/aromatic N) is 2. The second kappa shape index (κ2) is 6.66. The molecule has 1 aliphatic rings. The number of fused-ring (bicyclic) bond motifs is 3. The minimum atomic E-state index is -0.447. The first-order valence-electron chi connectivity index (χ1n) is 8.59. The lowest BCUT2D eigenvalue weighted by Gasteiger charge is -2.15. The first-order chi connectivity index (χ1) is 13.0. The molecular weight excluding hydrogens is 364 g/mol. The van der Waals surface area contributed by atoms with Crippen LogP contribution in [0.15, 0.2) is 46.0 Å². The van der Waals surface area contributed by atoms with Crippen LogP contribution >= 0.6 is 11.3 Å². The van der Waals surface area contributed by atoms with Crippen LogP contribution in [0.25, 0.3) is 10.4 Å². The van der Waals surface area contributed by atoms with E-state index in [0.29, 0.717) is 10.6 Å². The molecule has 2 heterocycles. The number of esters is 1. The van der Waals surface area contributed by atoms with Crippen molar-refractivity contribution in [1.29, 1.82) is 0 Å². The smallest absolute Gasteiger partial charge is 0.348 e. The maximum atomic E-state index is 12.5. The van der Waals surface area contributed by atoms with E-state index in [-0.39, 0.29) is 6.61 Å². The number of carbonyl (C=O) groups is 1. The Labute approximate surface area is 159 Å². The van der Waals surface area contributed by atoms with Gasteiger partial charge in [0.25, 0.3) is 5.56 Å². The van der Waals surface area contributed by atoms with Gasteiger partial charge < -0.3 is 4.74 Å². The first-order valence-corrected chi connectivity index (χ1v) is 9.41. The third-order valence-electron chi connectivity index (χ3n) is 4.91. The van der Waals surface area contributed by atoms with Crippen LogP contribution in [0.3, 0.4) is 0 Å². The molecule has 138 valence electrons. The van der Waals surface area contributed by atoms with Crippen LogP contribution in [-0.2, 0) is 38.3 Å². The van der Waals surface area contributed by atoms with Gasteiger partial charge in [-0.3, -0.25) is 13.9 Å². The van der Waals surface area contributed by atoms with Gasteiger partial charge in [-0.1, -0.05) is 24.3 Å². The van der Waals surface area contributed by atoms with Crippen LogP contribution in [0, 0.1) is 0 Å². The Hall–Kier alpha value is -2.93. The maximum absolute atomic E-state index is 12.5. The number of rotatable bonds is 3. The summed E-state index contributed by atoms with van der Waals surface area (Å²) in [7, 11) is 2.96. The number of hydrogen-bond donors (Lipinski definition) is 0. The molecule has 0 N–H and O–H groups in total. The van der Waals surface area contributed by atoms with Gasteiger partial charge in [0.05, 0.1) is 5.69 Å². The molecule has 3 aromatic rings. The van der Waals surface area contributed by atoms with Gasteiger partial charge in [-0.25, -0.2) is 9.59 Å². The topological polar surface area (TPSA) is 70.3 Å². The lowest BCUT2D eigenvalue weighted by molar-refractivity contribution is 0.0468. The quantitative estimate of drug-likeness (QED) is 0.652. The van der Waals surface area contributed by atoms with E-state index in [1.807, 2.05) is 18.2 Å². The number of ether oxygens (including phenoxy) is 1. The van der Waals surface area contributed by atoms with Gasteiger partial charge in [0, 0.05) is 25.0 Å². The Balaban J connectivity index is 1.57. The summed E-state index contributed by atoms with van der Waals surface area (Å²) < 4.78 is 7.69. The molecule has 4 rings (SSSR count). The van der Waals surface area contributed by atoms with Crippen LogP contribution in [0.4, 0.5) is 0 Å². The number of aromatic nitrogens is 2. The largest absolute Gasteiger partial charge is 0.455 e. The summed E-state index contributed by atoms with van der Waals surface area (Å²) >= 11 is 1.43. The zero-order valence-electron chi connectivity index (χ0n) is 15.0. The molecule has 27 heavy (non-hydrogen) atoms. The van der Waals surface area contributed by atoms with Gasteiger partial charge in [-0.15, -0.1) is 11.3 Å². The number of aryl methyl sites for hydroxylation is 2. The van der Waals surface area contributed by atoms with Crippen LogP contribution in [-0.4, -0.2) is 15.1 Å². The molecule has 1 aromatic carbocycles. The van der Waals surface area contributed by atoms with Crippen LogP contribution in [0.1, 0.15) is 26.5 Å². The number of hydrogen-bond acceptors (Lipinski definition) is 5. The summed E-state index contributed by atoms with van der Waals surface area (Å²) in [6.45, 7) is -0.125. The van der Waals surface area contributed by atoms with E-state index < -0.39 is 17.2 Å². The highest BCUT2D eigenvalue weighted by Crippen LogP contribution is 2.39. The van der Waals surface area contributed by atoms with Crippen molar-refractivity contribution >= 4 is 17.3 Å². The fourth-order valence-corrected chi connectivity index (χ4v) is 4.46. The zero-order chi connectivity index (χ0) is 19.1. The highest BCUT2D eigenvalue weighted by Gasteiger charge is 2.22. The molecule has 0 amide bonds. The van der Waals surface area contributed by atoms with Crippen molar-refractivity contribution in [3.63, 3.8) is 0 Å². The van der Waals surface area contributed by atoms with E-state index in [0.717, 1.165) is 27.8 Å². The van der Waals surface area contributed by atoms with E-state index in [4.69, 9.17) is 4.74 Å². The van der Waals surface area contributed by atoms with Gasteiger partial charge in [0.15, 0.2) is 0 Å². The summed E-state index contributed by atoms with van der Waals surface area (Å²) in [4.78, 5) is 37.9. The van der Waals surface area contributed by atoms with Crippen LogP contribution in [0.2, 0.25) is 0 Å². The van der Waals surface area contributed by atoms with Gasteiger partial charge in [0.1, 0.15) is 11.5 Å². The summed E-state index contributed by atoms with van der Waals surface area (Å²) in [5.74, 6) is -0.444. The fraction of sp³-hybridized carbons (Fsp3) is 0.250. The molecule has 0 bridgehead atoms. The third kappa shape index (κ3) is 3.04. The highest BCUT2D eigenvalue weighted by atomic mass is 32.1. The molecule has 0 saturated heterocycles. The minimum absolute atomic E-state index is 0.125. The Morgan fingerprint density at radius 3 is 2.63 bits per heavy atom. The molecule has 0 radical (unpaired) electrons. The monoisotopic (exact) mass is 382 g/mol. The van der Waals surface area contributed by atoms with Crippen molar-refractivity contribution in [3.8, 4) is 10.4 Å². The van der Waals surface area contributed by atoms with Crippen molar-refractivity contribution in [2.45, 2.75) is 19.4 Å². The molecule has 0 aliphatic heterocycles. The summed E-state index contributed by atoms with van der Waals surface area (Å²) in [5.41, 5.74) is 3.12. The van der Waals surface area contributed by atoms with Gasteiger partial charge in [-0.2, -0.15) is 0 Å². The predicted octanol–water partition coefficient (Wildman–Crippen LogP) is 2.27. The Morgan fingerprint density at radius 2 is 1.81 bits per heavy atom. The van der Waals surface area contributed by atoms with Gasteiger partial charge >= 0.3 is 11.7 Å². The number of carbonyl (C=O) groups excluding carboxylic acids is 1. The van der Waals surface area contributed by atoms with Crippen molar-refractivity contribution in [3.05, 3.63) is 78.9 Å². The van der Waals surface area contributed by atoms with E-state index in [1.54, 1.807) is 7.05 Å². The standard InChI is InChI=1S/C20H18N2O4S/c1-21-14(10-17(23)22(2)20(21)25)11-26-19(24)16-9-13-8-7-12-5-3-4-6-15(12)18(13)27-16/h3-6,9-10H,7-8,11H2,1-2H3. The molecule has 0 fully saturated rings. The van der Waals surface area contributed by atoms with Crippen molar-refractivity contribution in [2.75, 3.05) is 0 Å². The maximum Gasteiger partial charge on any atom is 0.348 e. The lowest BCUT2D eigenvalue weighted by atomic mass is 9.91. The van der Waals surface area contributed by atoms with Crippen LogP contribution < -0.4 is 11.2 Å². The van der Waals surface area contributed by atoms with E-state index in [9.17, 15) is 14.4 Å². The SMILES string of the molecule is Cn1c(COC(=O)c2cc3c(s2)-c2ccccc2CC3)cc(=O)n(C)c1=O. The lowest BCUT2D eigenvalue weighted by Crippen LogP contribution is -2.38. The molecule has 0 spiro atoms. The summed E-state index contributed by atoms with van der Waals surface area (Å²) in [5, 5.41) is 0. The van der Waals surface area contributed by atoms with Gasteiger partial charge in [-0.05, 0) is 35.6 Å². The van der Waals surface area contributed by atoms with Gasteiger partial charge in [0.2, 0.25) is 0 Å². The van der Waals surface area contributed by atoms with E-state index in [2.05, 4.69) is 12.1 Å². The second-order valence-corrected chi connectivity index (χ2v) is 7.63. The predicted molar refractivity (Wildman–Crippen MR) is 103 cm³/mol. The molecule has 0 saturated carbocycles. The first kappa shape index (κ1) is 17.5. The minimum Gasteiger partial charge on any atom is -0.455 e. The Morgan fingerprint density at radius 1 is 1.07 bits per heavy atom. The molecule has 6 nitrogen and oxygen atoms in total. The highest BCUT2D eigenvalue weighted by molar-refractivity contribution is 7.17. The molecule has 0 atom stereocenters. The zero-order valence-corrected chi connectivity index (χ0v) is 15.8. The molecule has 2 aromatic heterocycles. The number of benzene rings is 1. The Kier molecular flexibility index (Phi) is 4.31. The van der Waals surface area contributed by atoms with Crippen molar-refractivity contribution < 1.29 is 9.53 Å².